The SMILES string of the molecule is COC1OC(c2cn(C)nn2)C(C)C1C. The number of nitrogens with zero attached hydrogens (tertiary/aromatic N) is 3. The zero-order valence-electron chi connectivity index (χ0n) is 9.54. The van der Waals surface area contributed by atoms with Gasteiger partial charge < -0.3 is 9.47 Å². The van der Waals surface area contributed by atoms with Crippen molar-refractivity contribution >= 4 is 0 Å². The van der Waals surface area contributed by atoms with Crippen LogP contribution in [0.3, 0.4) is 0 Å². The fourth-order valence-electron chi connectivity index (χ4n) is 2.02. The van der Waals surface area contributed by atoms with E-state index < -0.39 is 0 Å². The van der Waals surface area contributed by atoms with Crippen molar-refractivity contribution in [3.8, 4) is 0 Å². The number of aryl methyl sites for hydroxylation is 1. The summed E-state index contributed by atoms with van der Waals surface area (Å²) < 4.78 is 12.8. The second-order valence-electron chi connectivity index (χ2n) is 4.20. The largest absolute Gasteiger partial charge is 0.356 e. The molecule has 5 heteroatoms. The third kappa shape index (κ3) is 1.77. The summed E-state index contributed by atoms with van der Waals surface area (Å²) in [7, 11) is 3.53. The van der Waals surface area contributed by atoms with Gasteiger partial charge >= 0.3 is 0 Å². The molecule has 1 fully saturated rings. The van der Waals surface area contributed by atoms with E-state index in [-0.39, 0.29) is 12.4 Å². The third-order valence-electron chi connectivity index (χ3n) is 3.16. The third-order valence-corrected chi connectivity index (χ3v) is 3.16. The van der Waals surface area contributed by atoms with Crippen molar-refractivity contribution in [2.24, 2.45) is 18.9 Å². The molecule has 0 N–H and O–H groups in total. The fourth-order valence-corrected chi connectivity index (χ4v) is 2.02. The first kappa shape index (κ1) is 10.6. The first-order chi connectivity index (χ1) is 7.13. The molecule has 84 valence electrons. The molecule has 15 heavy (non-hydrogen) atoms. The summed E-state index contributed by atoms with van der Waals surface area (Å²) in [6.07, 6.45) is 1.76. The molecule has 0 spiro atoms. The van der Waals surface area contributed by atoms with Crippen LogP contribution < -0.4 is 0 Å². The average Bonchev–Trinajstić information content (AvgIpc) is 2.74. The summed E-state index contributed by atoms with van der Waals surface area (Å²) in [6, 6.07) is 0. The smallest absolute Gasteiger partial charge is 0.161 e. The molecule has 0 radical (unpaired) electrons. The Balaban J connectivity index is 2.18. The van der Waals surface area contributed by atoms with Gasteiger partial charge in [-0.05, 0) is 5.92 Å². The summed E-state index contributed by atoms with van der Waals surface area (Å²) in [4.78, 5) is 0. The topological polar surface area (TPSA) is 49.2 Å². The van der Waals surface area contributed by atoms with Crippen molar-refractivity contribution in [2.75, 3.05) is 7.11 Å². The molecule has 1 aromatic heterocycles. The molecule has 2 heterocycles. The highest BCUT2D eigenvalue weighted by Gasteiger charge is 2.41. The Bertz CT molecular complexity index is 339. The van der Waals surface area contributed by atoms with Crippen LogP contribution in [0.25, 0.3) is 0 Å². The summed E-state index contributed by atoms with van der Waals surface area (Å²) in [6.45, 7) is 4.29. The van der Waals surface area contributed by atoms with Crippen LogP contribution in [0.1, 0.15) is 25.6 Å². The second-order valence-corrected chi connectivity index (χ2v) is 4.20. The predicted molar refractivity (Wildman–Crippen MR) is 54.0 cm³/mol. The first-order valence-corrected chi connectivity index (χ1v) is 5.18. The van der Waals surface area contributed by atoms with Gasteiger partial charge in [-0.2, -0.15) is 0 Å². The van der Waals surface area contributed by atoms with Crippen LogP contribution in [-0.4, -0.2) is 28.4 Å². The van der Waals surface area contributed by atoms with Gasteiger partial charge in [-0.15, -0.1) is 5.10 Å². The van der Waals surface area contributed by atoms with Gasteiger partial charge in [0.05, 0.1) is 6.20 Å². The fraction of sp³-hybridized carbons (Fsp3) is 0.800. The molecule has 0 aromatic carbocycles. The van der Waals surface area contributed by atoms with Crippen LogP contribution in [0.5, 0.6) is 0 Å². The molecule has 2 rings (SSSR count). The zero-order valence-corrected chi connectivity index (χ0v) is 9.54. The summed E-state index contributed by atoms with van der Waals surface area (Å²) >= 11 is 0. The predicted octanol–water partition coefficient (Wildman–Crippen LogP) is 1.13. The number of aromatic nitrogens is 3. The highest BCUT2D eigenvalue weighted by molar-refractivity contribution is 5.03. The molecule has 0 saturated carbocycles. The molecular weight excluding hydrogens is 194 g/mol. The van der Waals surface area contributed by atoms with E-state index in [1.807, 2.05) is 13.2 Å². The van der Waals surface area contributed by atoms with Crippen LogP contribution in [0.4, 0.5) is 0 Å². The quantitative estimate of drug-likeness (QED) is 0.735. The minimum atomic E-state index is -0.132. The van der Waals surface area contributed by atoms with Crippen molar-refractivity contribution in [1.29, 1.82) is 0 Å². The zero-order chi connectivity index (χ0) is 11.0. The number of methoxy groups -OCH3 is 1. The average molecular weight is 211 g/mol. The van der Waals surface area contributed by atoms with E-state index in [1.165, 1.54) is 0 Å². The van der Waals surface area contributed by atoms with Gasteiger partial charge in [0, 0.05) is 20.1 Å². The Hall–Kier alpha value is -0.940. The molecule has 1 aliphatic heterocycles. The Morgan fingerprint density at radius 1 is 1.40 bits per heavy atom. The first-order valence-electron chi connectivity index (χ1n) is 5.18. The number of hydrogen-bond acceptors (Lipinski definition) is 4. The maximum absolute atomic E-state index is 5.80. The van der Waals surface area contributed by atoms with Crippen LogP contribution in [0.15, 0.2) is 6.20 Å². The number of hydrogen-bond donors (Lipinski definition) is 0. The van der Waals surface area contributed by atoms with Crippen molar-refractivity contribution in [3.05, 3.63) is 11.9 Å². The van der Waals surface area contributed by atoms with E-state index in [2.05, 4.69) is 24.2 Å². The summed E-state index contributed by atoms with van der Waals surface area (Å²) in [5.41, 5.74) is 0.886. The van der Waals surface area contributed by atoms with Crippen LogP contribution >= 0.6 is 0 Å². The Labute approximate surface area is 89.4 Å². The molecule has 4 atom stereocenters. The Morgan fingerprint density at radius 2 is 2.13 bits per heavy atom. The standard InChI is InChI=1S/C10H17N3O2/c1-6-7(2)10(14-4)15-9(6)8-5-13(3)12-11-8/h5-7,9-10H,1-4H3. The van der Waals surface area contributed by atoms with Crippen LogP contribution in [-0.2, 0) is 16.5 Å². The molecule has 1 aliphatic rings. The van der Waals surface area contributed by atoms with Crippen molar-refractivity contribution in [1.82, 2.24) is 15.0 Å². The maximum Gasteiger partial charge on any atom is 0.161 e. The molecule has 5 nitrogen and oxygen atoms in total. The van der Waals surface area contributed by atoms with E-state index in [0.29, 0.717) is 11.8 Å². The second kappa shape index (κ2) is 3.90. The van der Waals surface area contributed by atoms with E-state index in [4.69, 9.17) is 9.47 Å². The lowest BCUT2D eigenvalue weighted by Crippen LogP contribution is -2.17. The van der Waals surface area contributed by atoms with Crippen LogP contribution in [0, 0.1) is 11.8 Å². The lowest BCUT2D eigenvalue weighted by molar-refractivity contribution is -0.131. The summed E-state index contributed by atoms with van der Waals surface area (Å²) in [5.74, 6) is 0.772. The van der Waals surface area contributed by atoms with Crippen molar-refractivity contribution < 1.29 is 9.47 Å². The Kier molecular flexibility index (Phi) is 2.75. The van der Waals surface area contributed by atoms with Gasteiger partial charge in [-0.3, -0.25) is 4.68 Å². The molecular formula is C10H17N3O2. The van der Waals surface area contributed by atoms with Gasteiger partial charge in [0.15, 0.2) is 6.29 Å². The van der Waals surface area contributed by atoms with Gasteiger partial charge in [0.1, 0.15) is 11.8 Å². The number of ether oxygens (including phenoxy) is 2. The minimum absolute atomic E-state index is 0.00125. The lowest BCUT2D eigenvalue weighted by atomic mass is 9.92. The van der Waals surface area contributed by atoms with E-state index in [0.717, 1.165) is 5.69 Å². The summed E-state index contributed by atoms with van der Waals surface area (Å²) in [5, 5.41) is 8.00. The number of rotatable bonds is 2. The highest BCUT2D eigenvalue weighted by Crippen LogP contribution is 2.41. The molecule has 4 unspecified atom stereocenters. The van der Waals surface area contributed by atoms with E-state index in [1.54, 1.807) is 11.8 Å². The Morgan fingerprint density at radius 3 is 2.60 bits per heavy atom. The van der Waals surface area contributed by atoms with E-state index in [9.17, 15) is 0 Å². The van der Waals surface area contributed by atoms with Gasteiger partial charge in [-0.1, -0.05) is 19.1 Å². The molecule has 1 aromatic rings. The minimum Gasteiger partial charge on any atom is -0.356 e. The molecule has 0 aliphatic carbocycles. The maximum atomic E-state index is 5.80. The van der Waals surface area contributed by atoms with Gasteiger partial charge in [0.25, 0.3) is 0 Å². The normalized spacial score (nSPS) is 36.0. The molecule has 1 saturated heterocycles. The van der Waals surface area contributed by atoms with Crippen molar-refractivity contribution in [2.45, 2.75) is 26.2 Å². The van der Waals surface area contributed by atoms with Crippen molar-refractivity contribution in [3.63, 3.8) is 0 Å². The molecule has 0 bridgehead atoms. The van der Waals surface area contributed by atoms with Gasteiger partial charge in [-0.25, -0.2) is 0 Å². The molecule has 0 amide bonds. The lowest BCUT2D eigenvalue weighted by Gasteiger charge is -2.13. The van der Waals surface area contributed by atoms with Crippen LogP contribution in [0.2, 0.25) is 0 Å². The highest BCUT2D eigenvalue weighted by atomic mass is 16.7. The van der Waals surface area contributed by atoms with Gasteiger partial charge in [0.2, 0.25) is 0 Å². The monoisotopic (exact) mass is 211 g/mol. The van der Waals surface area contributed by atoms with E-state index >= 15 is 0 Å².